The molecule has 2 aromatic rings. The summed E-state index contributed by atoms with van der Waals surface area (Å²) in [6.45, 7) is 3.32. The number of para-hydroxylation sites is 1. The van der Waals surface area contributed by atoms with Crippen LogP contribution in [0.1, 0.15) is 25.1 Å². The molecule has 1 aromatic heterocycles. The molecule has 96 valence electrons. The number of hydrogen-bond donors (Lipinski definition) is 0. The first-order valence-corrected chi connectivity index (χ1v) is 5.89. The van der Waals surface area contributed by atoms with Crippen molar-refractivity contribution in [3.63, 3.8) is 0 Å². The van der Waals surface area contributed by atoms with Crippen LogP contribution in [0.15, 0.2) is 42.9 Å². The van der Waals surface area contributed by atoms with Crippen molar-refractivity contribution < 1.29 is 9.53 Å². The monoisotopic (exact) mass is 254 g/mol. The third-order valence-electron chi connectivity index (χ3n) is 2.51. The predicted octanol–water partition coefficient (Wildman–Crippen LogP) is 2.96. The van der Waals surface area contributed by atoms with Crippen LogP contribution in [-0.4, -0.2) is 15.9 Å². The molecule has 0 bridgehead atoms. The molecule has 0 unspecified atom stereocenters. The van der Waals surface area contributed by atoms with E-state index in [1.165, 1.54) is 6.92 Å². The molecule has 4 heteroatoms. The molecule has 0 amide bonds. The van der Waals surface area contributed by atoms with E-state index < -0.39 is 0 Å². The summed E-state index contributed by atoms with van der Waals surface area (Å²) >= 11 is 0. The van der Waals surface area contributed by atoms with Gasteiger partial charge in [0, 0.05) is 24.9 Å². The van der Waals surface area contributed by atoms with Gasteiger partial charge in [-0.15, -0.1) is 0 Å². The van der Waals surface area contributed by atoms with Crippen molar-refractivity contribution in [2.24, 2.45) is 0 Å². The smallest absolute Gasteiger partial charge is 0.308 e. The zero-order chi connectivity index (χ0) is 13.7. The lowest BCUT2D eigenvalue weighted by Gasteiger charge is -2.06. The third kappa shape index (κ3) is 3.48. The van der Waals surface area contributed by atoms with E-state index in [1.807, 2.05) is 31.2 Å². The average molecular weight is 254 g/mol. The molecule has 0 atom stereocenters. The van der Waals surface area contributed by atoms with Gasteiger partial charge >= 0.3 is 5.97 Å². The number of allylic oxidation sites excluding steroid dienone is 1. The van der Waals surface area contributed by atoms with Crippen LogP contribution in [0.25, 0.3) is 11.6 Å². The van der Waals surface area contributed by atoms with E-state index in [9.17, 15) is 4.79 Å². The Balaban J connectivity index is 2.35. The SMILES string of the molecule is CC(=O)Oc1ccccc1/C=C(\C)c1cnccn1. The van der Waals surface area contributed by atoms with Gasteiger partial charge in [-0.1, -0.05) is 18.2 Å². The van der Waals surface area contributed by atoms with Gasteiger partial charge in [0.25, 0.3) is 0 Å². The molecule has 0 N–H and O–H groups in total. The van der Waals surface area contributed by atoms with Crippen molar-refractivity contribution in [2.45, 2.75) is 13.8 Å². The molecule has 0 aliphatic carbocycles. The highest BCUT2D eigenvalue weighted by Gasteiger charge is 2.04. The van der Waals surface area contributed by atoms with Gasteiger partial charge in [-0.25, -0.2) is 0 Å². The lowest BCUT2D eigenvalue weighted by Crippen LogP contribution is -2.02. The van der Waals surface area contributed by atoms with Crippen LogP contribution in [0.4, 0.5) is 0 Å². The van der Waals surface area contributed by atoms with Crippen molar-refractivity contribution in [3.05, 3.63) is 54.1 Å². The van der Waals surface area contributed by atoms with Crippen LogP contribution in [-0.2, 0) is 4.79 Å². The van der Waals surface area contributed by atoms with E-state index in [4.69, 9.17) is 4.74 Å². The summed E-state index contributed by atoms with van der Waals surface area (Å²) in [5.74, 6) is 0.205. The molecule has 2 rings (SSSR count). The van der Waals surface area contributed by atoms with Crippen LogP contribution in [0.3, 0.4) is 0 Å². The summed E-state index contributed by atoms with van der Waals surface area (Å²) in [5, 5.41) is 0. The van der Waals surface area contributed by atoms with Gasteiger partial charge in [0.05, 0.1) is 11.9 Å². The first-order chi connectivity index (χ1) is 9.16. The minimum Gasteiger partial charge on any atom is -0.426 e. The second kappa shape index (κ2) is 5.91. The fourth-order valence-corrected chi connectivity index (χ4v) is 1.66. The van der Waals surface area contributed by atoms with Gasteiger partial charge in [0.2, 0.25) is 0 Å². The molecule has 0 aliphatic heterocycles. The highest BCUT2D eigenvalue weighted by atomic mass is 16.5. The lowest BCUT2D eigenvalue weighted by molar-refractivity contribution is -0.131. The molecule has 1 aromatic carbocycles. The third-order valence-corrected chi connectivity index (χ3v) is 2.51. The Hall–Kier alpha value is -2.49. The Morgan fingerprint density at radius 2 is 2.00 bits per heavy atom. The largest absolute Gasteiger partial charge is 0.426 e. The highest BCUT2D eigenvalue weighted by molar-refractivity contribution is 5.81. The van der Waals surface area contributed by atoms with Crippen molar-refractivity contribution in [1.29, 1.82) is 0 Å². The Labute approximate surface area is 111 Å². The topological polar surface area (TPSA) is 52.1 Å². The summed E-state index contributed by atoms with van der Waals surface area (Å²) in [5.41, 5.74) is 2.58. The molecule has 0 spiro atoms. The summed E-state index contributed by atoms with van der Waals surface area (Å²) in [6, 6.07) is 7.37. The number of esters is 1. The summed E-state index contributed by atoms with van der Waals surface area (Å²) < 4.78 is 5.16. The molecular formula is C15H14N2O2. The molecule has 19 heavy (non-hydrogen) atoms. The Morgan fingerprint density at radius 3 is 2.68 bits per heavy atom. The number of benzene rings is 1. The van der Waals surface area contributed by atoms with Crippen molar-refractivity contribution in [1.82, 2.24) is 9.97 Å². The second-order valence-corrected chi connectivity index (χ2v) is 4.05. The standard InChI is InChI=1S/C15H14N2O2/c1-11(14-10-16-7-8-17-14)9-13-5-3-4-6-15(13)19-12(2)18/h3-10H,1-2H3/b11-9+. The van der Waals surface area contributed by atoms with Gasteiger partial charge in [0.1, 0.15) is 5.75 Å². The first-order valence-electron chi connectivity index (χ1n) is 5.89. The highest BCUT2D eigenvalue weighted by Crippen LogP contribution is 2.23. The first kappa shape index (κ1) is 13.0. The fraction of sp³-hybridized carbons (Fsp3) is 0.133. The van der Waals surface area contributed by atoms with Gasteiger partial charge in [-0.3, -0.25) is 14.8 Å². The predicted molar refractivity (Wildman–Crippen MR) is 73.3 cm³/mol. The maximum absolute atomic E-state index is 11.1. The zero-order valence-corrected chi connectivity index (χ0v) is 10.8. The van der Waals surface area contributed by atoms with Crippen molar-refractivity contribution in [3.8, 4) is 5.75 Å². The average Bonchev–Trinajstić information content (AvgIpc) is 2.41. The molecular weight excluding hydrogens is 240 g/mol. The van der Waals surface area contributed by atoms with Crippen LogP contribution in [0.2, 0.25) is 0 Å². The quantitative estimate of drug-likeness (QED) is 0.624. The number of nitrogens with zero attached hydrogens (tertiary/aromatic N) is 2. The second-order valence-electron chi connectivity index (χ2n) is 4.05. The lowest BCUT2D eigenvalue weighted by atomic mass is 10.1. The van der Waals surface area contributed by atoms with E-state index in [-0.39, 0.29) is 5.97 Å². The van der Waals surface area contributed by atoms with Crippen molar-refractivity contribution >= 4 is 17.6 Å². The number of carbonyl (C=O) groups is 1. The van der Waals surface area contributed by atoms with Gasteiger partial charge in [0.15, 0.2) is 0 Å². The molecule has 4 nitrogen and oxygen atoms in total. The van der Waals surface area contributed by atoms with E-state index in [1.54, 1.807) is 24.7 Å². The zero-order valence-electron chi connectivity index (χ0n) is 10.8. The number of rotatable bonds is 3. The fourth-order valence-electron chi connectivity index (χ4n) is 1.66. The van der Waals surface area contributed by atoms with Gasteiger partial charge in [-0.05, 0) is 24.6 Å². The normalized spacial score (nSPS) is 11.2. The maximum Gasteiger partial charge on any atom is 0.308 e. The molecule has 0 saturated carbocycles. The molecule has 0 aliphatic rings. The van der Waals surface area contributed by atoms with Crippen molar-refractivity contribution in [2.75, 3.05) is 0 Å². The van der Waals surface area contributed by atoms with Crippen LogP contribution < -0.4 is 4.74 Å². The molecule has 0 fully saturated rings. The summed E-state index contributed by atoms with van der Waals surface area (Å²) in [6.07, 6.45) is 6.89. The van der Waals surface area contributed by atoms with Crippen LogP contribution >= 0.6 is 0 Å². The maximum atomic E-state index is 11.1. The Morgan fingerprint density at radius 1 is 1.21 bits per heavy atom. The molecule has 0 radical (unpaired) electrons. The van der Waals surface area contributed by atoms with E-state index in [0.29, 0.717) is 5.75 Å². The number of carbonyl (C=O) groups excluding carboxylic acids is 1. The van der Waals surface area contributed by atoms with E-state index in [2.05, 4.69) is 9.97 Å². The van der Waals surface area contributed by atoms with Crippen LogP contribution in [0, 0.1) is 0 Å². The minimum atomic E-state index is -0.335. The van der Waals surface area contributed by atoms with Crippen LogP contribution in [0.5, 0.6) is 5.75 Å². The molecule has 1 heterocycles. The summed E-state index contributed by atoms with van der Waals surface area (Å²) in [4.78, 5) is 19.3. The Bertz CT molecular complexity index is 607. The van der Waals surface area contributed by atoms with E-state index in [0.717, 1.165) is 16.8 Å². The van der Waals surface area contributed by atoms with Gasteiger partial charge < -0.3 is 4.74 Å². The van der Waals surface area contributed by atoms with E-state index >= 15 is 0 Å². The minimum absolute atomic E-state index is 0.335. The van der Waals surface area contributed by atoms with Gasteiger partial charge in [-0.2, -0.15) is 0 Å². The summed E-state index contributed by atoms with van der Waals surface area (Å²) in [7, 11) is 0. The number of hydrogen-bond acceptors (Lipinski definition) is 4. The number of ether oxygens (including phenoxy) is 1. The Kier molecular flexibility index (Phi) is 4.03. The number of aromatic nitrogens is 2. The molecule has 0 saturated heterocycles.